The van der Waals surface area contributed by atoms with Crippen LogP contribution in [0.5, 0.6) is 0 Å². The lowest BCUT2D eigenvalue weighted by atomic mass is 10.1. The zero-order valence-corrected chi connectivity index (χ0v) is 7.98. The van der Waals surface area contributed by atoms with Gasteiger partial charge in [-0.25, -0.2) is 9.59 Å². The van der Waals surface area contributed by atoms with Crippen molar-refractivity contribution in [2.75, 3.05) is 0 Å². The topological polar surface area (TPSA) is 115 Å². The largest absolute Gasteiger partial charge is 0.768 e. The maximum atomic E-state index is 10.7. The van der Waals surface area contributed by atoms with Crippen LogP contribution < -0.4 is 0 Å². The molecule has 0 fully saturated rings. The van der Waals surface area contributed by atoms with Crippen LogP contribution in [0.15, 0.2) is 23.1 Å². The van der Waals surface area contributed by atoms with Crippen LogP contribution in [0, 0.1) is 0 Å². The number of hydrogen-bond donors (Lipinski definition) is 2. The van der Waals surface area contributed by atoms with Gasteiger partial charge in [-0.05, 0) is 23.2 Å². The predicted octanol–water partition coefficient (Wildman–Crippen LogP) is 0.321. The van der Waals surface area contributed by atoms with Gasteiger partial charge >= 0.3 is 11.9 Å². The monoisotopic (exact) mass is 229 g/mol. The average molecular weight is 229 g/mol. The third kappa shape index (κ3) is 2.20. The van der Waals surface area contributed by atoms with Crippen LogP contribution in [0.1, 0.15) is 20.7 Å². The van der Waals surface area contributed by atoms with Gasteiger partial charge in [-0.2, -0.15) is 0 Å². The van der Waals surface area contributed by atoms with Crippen molar-refractivity contribution in [3.8, 4) is 0 Å². The van der Waals surface area contributed by atoms with Crippen molar-refractivity contribution >= 4 is 23.0 Å². The first-order valence-corrected chi connectivity index (χ1v) is 4.71. The summed E-state index contributed by atoms with van der Waals surface area (Å²) >= 11 is -2.78. The van der Waals surface area contributed by atoms with Gasteiger partial charge in [0, 0.05) is 4.90 Å². The Morgan fingerprint density at radius 1 is 1.20 bits per heavy atom. The molecule has 0 saturated carbocycles. The number of carboxylic acid groups (broad SMARTS) is 2. The van der Waals surface area contributed by atoms with Gasteiger partial charge in [-0.1, -0.05) is 6.07 Å². The number of aromatic carboxylic acids is 2. The third-order valence-corrected chi connectivity index (χ3v) is 2.35. The van der Waals surface area contributed by atoms with E-state index in [2.05, 4.69) is 0 Å². The molecule has 0 saturated heterocycles. The highest BCUT2D eigenvalue weighted by Gasteiger charge is 2.19. The maximum Gasteiger partial charge on any atom is 0.337 e. The minimum Gasteiger partial charge on any atom is -0.768 e. The molecule has 0 radical (unpaired) electrons. The van der Waals surface area contributed by atoms with E-state index >= 15 is 0 Å². The summed E-state index contributed by atoms with van der Waals surface area (Å²) in [5, 5.41) is 17.4. The minimum absolute atomic E-state index is 0.539. The van der Waals surface area contributed by atoms with E-state index in [1.54, 1.807) is 0 Å². The SMILES string of the molecule is O=C(O)c1cccc(S(=O)[O-])c1C(=O)O. The van der Waals surface area contributed by atoms with E-state index in [0.29, 0.717) is 0 Å². The highest BCUT2D eigenvalue weighted by atomic mass is 32.2. The Bertz CT molecular complexity index is 420. The van der Waals surface area contributed by atoms with E-state index in [0.717, 1.165) is 12.1 Å². The number of carbonyl (C=O) groups is 2. The van der Waals surface area contributed by atoms with E-state index in [-0.39, 0.29) is 0 Å². The van der Waals surface area contributed by atoms with Crippen molar-refractivity contribution < 1.29 is 28.6 Å². The quantitative estimate of drug-likeness (QED) is 0.721. The average Bonchev–Trinajstić information content (AvgIpc) is 2.16. The summed E-state index contributed by atoms with van der Waals surface area (Å²) in [6.45, 7) is 0. The second kappa shape index (κ2) is 4.20. The molecule has 7 heteroatoms. The molecule has 0 aliphatic rings. The molecule has 2 N–H and O–H groups in total. The molecule has 80 valence electrons. The van der Waals surface area contributed by atoms with Gasteiger partial charge in [0.15, 0.2) is 0 Å². The van der Waals surface area contributed by atoms with Crippen LogP contribution in [0.2, 0.25) is 0 Å². The van der Waals surface area contributed by atoms with Crippen molar-refractivity contribution in [1.82, 2.24) is 0 Å². The molecule has 15 heavy (non-hydrogen) atoms. The molecule has 0 aliphatic carbocycles. The Labute approximate surface area is 86.5 Å². The summed E-state index contributed by atoms with van der Waals surface area (Å²) in [6.07, 6.45) is 0. The third-order valence-electron chi connectivity index (χ3n) is 1.65. The first kappa shape index (κ1) is 11.3. The van der Waals surface area contributed by atoms with Gasteiger partial charge in [0.25, 0.3) is 0 Å². The summed E-state index contributed by atoms with van der Waals surface area (Å²) in [6, 6.07) is 3.22. The van der Waals surface area contributed by atoms with Crippen LogP contribution in [0.4, 0.5) is 0 Å². The lowest BCUT2D eigenvalue weighted by molar-refractivity contribution is 0.0648. The molecule has 1 atom stereocenters. The molecule has 0 amide bonds. The van der Waals surface area contributed by atoms with Crippen LogP contribution in [0.3, 0.4) is 0 Å². The van der Waals surface area contributed by atoms with Crippen molar-refractivity contribution in [2.45, 2.75) is 4.90 Å². The smallest absolute Gasteiger partial charge is 0.337 e. The lowest BCUT2D eigenvalue weighted by Crippen LogP contribution is -2.12. The molecular formula is C8H5O6S-. The molecule has 0 heterocycles. The summed E-state index contributed by atoms with van der Waals surface area (Å²) in [5.74, 6) is -3.08. The van der Waals surface area contributed by atoms with Crippen LogP contribution in [0.25, 0.3) is 0 Å². The van der Waals surface area contributed by atoms with E-state index in [1.165, 1.54) is 6.07 Å². The van der Waals surface area contributed by atoms with Crippen LogP contribution in [-0.4, -0.2) is 30.9 Å². The van der Waals surface area contributed by atoms with Gasteiger partial charge in [-0.3, -0.25) is 4.21 Å². The molecule has 1 unspecified atom stereocenters. The van der Waals surface area contributed by atoms with E-state index < -0.39 is 39.0 Å². The van der Waals surface area contributed by atoms with E-state index in [4.69, 9.17) is 10.2 Å². The molecule has 6 nitrogen and oxygen atoms in total. The minimum atomic E-state index is -2.78. The standard InChI is InChI=1S/C8H6O6S/c9-7(10)4-2-1-3-5(15(13)14)6(4)8(11)12/h1-3H,(H,9,10)(H,11,12)(H,13,14)/p-1. The molecule has 1 aromatic carbocycles. The fourth-order valence-corrected chi connectivity index (χ4v) is 1.62. The van der Waals surface area contributed by atoms with Gasteiger partial charge in [-0.15, -0.1) is 0 Å². The van der Waals surface area contributed by atoms with Crippen molar-refractivity contribution in [3.05, 3.63) is 29.3 Å². The maximum absolute atomic E-state index is 10.7. The zero-order valence-electron chi connectivity index (χ0n) is 7.17. The molecular weight excluding hydrogens is 224 g/mol. The molecule has 0 aromatic heterocycles. The lowest BCUT2D eigenvalue weighted by Gasteiger charge is -2.10. The Kier molecular flexibility index (Phi) is 3.17. The van der Waals surface area contributed by atoms with Crippen molar-refractivity contribution in [3.63, 3.8) is 0 Å². The molecule has 1 aromatic rings. The second-order valence-electron chi connectivity index (χ2n) is 2.52. The van der Waals surface area contributed by atoms with Crippen molar-refractivity contribution in [2.24, 2.45) is 0 Å². The Hall–Kier alpha value is -1.73. The molecule has 0 aliphatic heterocycles. The Morgan fingerprint density at radius 3 is 2.20 bits per heavy atom. The summed E-state index contributed by atoms with van der Waals surface area (Å²) in [5.41, 5.74) is -1.28. The van der Waals surface area contributed by atoms with E-state index in [9.17, 15) is 18.4 Å². The predicted molar refractivity (Wildman–Crippen MR) is 47.5 cm³/mol. The molecule has 0 bridgehead atoms. The summed E-state index contributed by atoms with van der Waals surface area (Å²) < 4.78 is 21.3. The van der Waals surface area contributed by atoms with Crippen LogP contribution in [-0.2, 0) is 11.1 Å². The first-order chi connectivity index (χ1) is 6.95. The number of benzene rings is 1. The van der Waals surface area contributed by atoms with E-state index in [1.807, 2.05) is 0 Å². The second-order valence-corrected chi connectivity index (χ2v) is 3.43. The normalized spacial score (nSPS) is 12.1. The fourth-order valence-electron chi connectivity index (χ4n) is 1.07. The van der Waals surface area contributed by atoms with Gasteiger partial charge < -0.3 is 14.8 Å². The zero-order chi connectivity index (χ0) is 11.6. The highest BCUT2D eigenvalue weighted by molar-refractivity contribution is 7.79. The van der Waals surface area contributed by atoms with Gasteiger partial charge in [0.1, 0.15) is 0 Å². The molecule has 0 spiro atoms. The number of hydrogen-bond acceptors (Lipinski definition) is 4. The Morgan fingerprint density at radius 2 is 1.80 bits per heavy atom. The first-order valence-electron chi connectivity index (χ1n) is 3.64. The summed E-state index contributed by atoms with van der Waals surface area (Å²) in [7, 11) is 0. The van der Waals surface area contributed by atoms with Crippen LogP contribution >= 0.6 is 0 Å². The van der Waals surface area contributed by atoms with Gasteiger partial charge in [0.2, 0.25) is 0 Å². The summed E-state index contributed by atoms with van der Waals surface area (Å²) in [4.78, 5) is 20.8. The number of carboxylic acids is 2. The Balaban J connectivity index is 3.56. The van der Waals surface area contributed by atoms with Crippen molar-refractivity contribution in [1.29, 1.82) is 0 Å². The fraction of sp³-hybridized carbons (Fsp3) is 0. The number of rotatable bonds is 3. The van der Waals surface area contributed by atoms with Gasteiger partial charge in [0.05, 0.1) is 11.1 Å². The molecule has 1 rings (SSSR count). The highest BCUT2D eigenvalue weighted by Crippen LogP contribution is 2.17.